The summed E-state index contributed by atoms with van der Waals surface area (Å²) in [7, 11) is 0. The van der Waals surface area contributed by atoms with Crippen LogP contribution in [0, 0.1) is 6.92 Å². The van der Waals surface area contributed by atoms with Crippen LogP contribution in [0.2, 0.25) is 0 Å². The molecule has 0 atom stereocenters. The molecule has 0 amide bonds. The Hall–Kier alpha value is -1.94. The molecule has 0 spiro atoms. The van der Waals surface area contributed by atoms with E-state index in [0.29, 0.717) is 0 Å². The quantitative estimate of drug-likeness (QED) is 0.728. The van der Waals surface area contributed by atoms with E-state index in [1.54, 1.807) is 0 Å². The van der Waals surface area contributed by atoms with Gasteiger partial charge in [-0.15, -0.1) is 0 Å². The summed E-state index contributed by atoms with van der Waals surface area (Å²) >= 11 is 3.38. The SMILES string of the molecule is Cc1nc(Br)ccc1NCc1ccnc2ccccc12. The highest BCUT2D eigenvalue weighted by molar-refractivity contribution is 9.10. The van der Waals surface area contributed by atoms with Crippen molar-refractivity contribution in [2.24, 2.45) is 0 Å². The van der Waals surface area contributed by atoms with Gasteiger partial charge in [0.1, 0.15) is 4.60 Å². The van der Waals surface area contributed by atoms with Crippen LogP contribution in [0.5, 0.6) is 0 Å². The molecule has 1 N–H and O–H groups in total. The molecule has 0 bridgehead atoms. The lowest BCUT2D eigenvalue weighted by molar-refractivity contribution is 1.10. The summed E-state index contributed by atoms with van der Waals surface area (Å²) < 4.78 is 0.856. The summed E-state index contributed by atoms with van der Waals surface area (Å²) in [6, 6.07) is 14.2. The van der Waals surface area contributed by atoms with Crippen molar-refractivity contribution in [2.45, 2.75) is 13.5 Å². The van der Waals surface area contributed by atoms with Gasteiger partial charge in [-0.25, -0.2) is 4.98 Å². The van der Waals surface area contributed by atoms with Gasteiger partial charge in [0.15, 0.2) is 0 Å². The number of benzene rings is 1. The van der Waals surface area contributed by atoms with E-state index < -0.39 is 0 Å². The third-order valence-corrected chi connectivity index (χ3v) is 3.70. The van der Waals surface area contributed by atoms with Crippen LogP contribution in [0.3, 0.4) is 0 Å². The summed E-state index contributed by atoms with van der Waals surface area (Å²) in [4.78, 5) is 8.77. The first-order valence-corrected chi connectivity index (χ1v) is 7.23. The fourth-order valence-electron chi connectivity index (χ4n) is 2.22. The average Bonchev–Trinajstić information content (AvgIpc) is 2.46. The van der Waals surface area contributed by atoms with Crippen molar-refractivity contribution in [2.75, 3.05) is 5.32 Å². The minimum absolute atomic E-state index is 0.757. The van der Waals surface area contributed by atoms with Gasteiger partial charge in [0.25, 0.3) is 0 Å². The Morgan fingerprint density at radius 2 is 1.95 bits per heavy atom. The zero-order valence-electron chi connectivity index (χ0n) is 11.1. The van der Waals surface area contributed by atoms with E-state index in [-0.39, 0.29) is 0 Å². The highest BCUT2D eigenvalue weighted by atomic mass is 79.9. The third-order valence-electron chi connectivity index (χ3n) is 3.26. The van der Waals surface area contributed by atoms with Gasteiger partial charge in [-0.3, -0.25) is 4.98 Å². The second-order valence-electron chi connectivity index (χ2n) is 4.61. The molecule has 0 aliphatic rings. The van der Waals surface area contributed by atoms with E-state index in [4.69, 9.17) is 0 Å². The largest absolute Gasteiger partial charge is 0.379 e. The summed E-state index contributed by atoms with van der Waals surface area (Å²) in [5, 5.41) is 4.62. The lowest BCUT2D eigenvalue weighted by Crippen LogP contribution is -2.03. The van der Waals surface area contributed by atoms with Gasteiger partial charge in [-0.05, 0) is 52.7 Å². The maximum absolute atomic E-state index is 4.39. The number of rotatable bonds is 3. The predicted octanol–water partition coefficient (Wildman–Crippen LogP) is 4.31. The number of pyridine rings is 2. The fraction of sp³-hybridized carbons (Fsp3) is 0.125. The summed E-state index contributed by atoms with van der Waals surface area (Å²) in [5.74, 6) is 0. The van der Waals surface area contributed by atoms with E-state index in [1.807, 2.05) is 43.5 Å². The summed E-state index contributed by atoms with van der Waals surface area (Å²) in [5.41, 5.74) is 4.29. The van der Waals surface area contributed by atoms with Crippen LogP contribution >= 0.6 is 15.9 Å². The fourth-order valence-corrected chi connectivity index (χ4v) is 2.62. The number of aromatic nitrogens is 2. The molecule has 20 heavy (non-hydrogen) atoms. The molecule has 0 saturated heterocycles. The topological polar surface area (TPSA) is 37.8 Å². The number of para-hydroxylation sites is 1. The number of nitrogens with one attached hydrogen (secondary N) is 1. The summed E-state index contributed by atoms with van der Waals surface area (Å²) in [6.07, 6.45) is 1.85. The van der Waals surface area contributed by atoms with E-state index in [1.165, 1.54) is 10.9 Å². The van der Waals surface area contributed by atoms with Crippen molar-refractivity contribution in [1.82, 2.24) is 9.97 Å². The molecule has 3 aromatic rings. The van der Waals surface area contributed by atoms with Crippen molar-refractivity contribution < 1.29 is 0 Å². The first kappa shape index (κ1) is 13.1. The molecule has 0 aliphatic heterocycles. The van der Waals surface area contributed by atoms with Crippen LogP contribution in [0.1, 0.15) is 11.3 Å². The van der Waals surface area contributed by atoms with Crippen molar-refractivity contribution in [3.8, 4) is 0 Å². The van der Waals surface area contributed by atoms with Crippen LogP contribution in [0.4, 0.5) is 5.69 Å². The molecule has 0 unspecified atom stereocenters. The van der Waals surface area contributed by atoms with Crippen LogP contribution in [0.15, 0.2) is 53.3 Å². The standard InChI is InChI=1S/C16H14BrN3/c1-11-14(6-7-16(17)20-11)19-10-12-8-9-18-15-5-3-2-4-13(12)15/h2-9,19H,10H2,1H3. The maximum atomic E-state index is 4.39. The van der Waals surface area contributed by atoms with E-state index in [0.717, 1.165) is 28.0 Å². The molecule has 0 aliphatic carbocycles. The number of nitrogens with zero attached hydrogens (tertiary/aromatic N) is 2. The molecule has 2 aromatic heterocycles. The first-order valence-electron chi connectivity index (χ1n) is 6.44. The first-order chi connectivity index (χ1) is 9.74. The lowest BCUT2D eigenvalue weighted by Gasteiger charge is -2.11. The Kier molecular flexibility index (Phi) is 3.65. The molecular weight excluding hydrogens is 314 g/mol. The second kappa shape index (κ2) is 5.59. The van der Waals surface area contributed by atoms with Crippen molar-refractivity contribution >= 4 is 32.5 Å². The summed E-state index contributed by atoms with van der Waals surface area (Å²) in [6.45, 7) is 2.75. The Labute approximate surface area is 126 Å². The number of hydrogen-bond donors (Lipinski definition) is 1. The number of fused-ring (bicyclic) bond motifs is 1. The van der Waals surface area contributed by atoms with Crippen molar-refractivity contribution in [3.05, 3.63) is 64.5 Å². The maximum Gasteiger partial charge on any atom is 0.106 e. The lowest BCUT2D eigenvalue weighted by atomic mass is 10.1. The number of hydrogen-bond acceptors (Lipinski definition) is 3. The van der Waals surface area contributed by atoms with Gasteiger partial charge in [-0.2, -0.15) is 0 Å². The highest BCUT2D eigenvalue weighted by Gasteiger charge is 2.03. The Morgan fingerprint density at radius 3 is 2.80 bits per heavy atom. The zero-order chi connectivity index (χ0) is 13.9. The second-order valence-corrected chi connectivity index (χ2v) is 5.42. The molecule has 0 radical (unpaired) electrons. The zero-order valence-corrected chi connectivity index (χ0v) is 12.7. The Balaban J connectivity index is 1.87. The highest BCUT2D eigenvalue weighted by Crippen LogP contribution is 2.20. The van der Waals surface area contributed by atoms with Crippen LogP contribution in [-0.2, 0) is 6.54 Å². The molecule has 2 heterocycles. The normalized spacial score (nSPS) is 10.7. The molecule has 0 saturated carbocycles. The van der Waals surface area contributed by atoms with Gasteiger partial charge in [0, 0.05) is 18.1 Å². The number of aryl methyl sites for hydroxylation is 1. The van der Waals surface area contributed by atoms with E-state index >= 15 is 0 Å². The molecule has 4 heteroatoms. The van der Waals surface area contributed by atoms with Crippen molar-refractivity contribution in [1.29, 1.82) is 0 Å². The number of anilines is 1. The van der Waals surface area contributed by atoms with Crippen LogP contribution in [0.25, 0.3) is 10.9 Å². The minimum atomic E-state index is 0.757. The van der Waals surface area contributed by atoms with Gasteiger partial charge >= 0.3 is 0 Å². The van der Waals surface area contributed by atoms with Gasteiger partial charge in [0.2, 0.25) is 0 Å². The Morgan fingerprint density at radius 1 is 1.10 bits per heavy atom. The van der Waals surface area contributed by atoms with Crippen molar-refractivity contribution in [3.63, 3.8) is 0 Å². The smallest absolute Gasteiger partial charge is 0.106 e. The van der Waals surface area contributed by atoms with E-state index in [9.17, 15) is 0 Å². The molecule has 1 aromatic carbocycles. The molecule has 3 rings (SSSR count). The van der Waals surface area contributed by atoms with Crippen LogP contribution in [-0.4, -0.2) is 9.97 Å². The minimum Gasteiger partial charge on any atom is -0.379 e. The molecule has 0 fully saturated rings. The average molecular weight is 328 g/mol. The van der Waals surface area contributed by atoms with Crippen LogP contribution < -0.4 is 5.32 Å². The molecular formula is C16H14BrN3. The third kappa shape index (κ3) is 2.65. The van der Waals surface area contributed by atoms with Gasteiger partial charge < -0.3 is 5.32 Å². The number of halogens is 1. The van der Waals surface area contributed by atoms with Gasteiger partial charge in [0.05, 0.1) is 16.9 Å². The van der Waals surface area contributed by atoms with Gasteiger partial charge in [-0.1, -0.05) is 18.2 Å². The predicted molar refractivity (Wildman–Crippen MR) is 85.7 cm³/mol. The van der Waals surface area contributed by atoms with E-state index in [2.05, 4.69) is 43.3 Å². The monoisotopic (exact) mass is 327 g/mol. The molecule has 100 valence electrons. The molecule has 3 nitrogen and oxygen atoms in total. The Bertz CT molecular complexity index is 750.